The number of hydrogen-bond acceptors (Lipinski definition) is 2. The Hall–Kier alpha value is -1.74. The number of carbonyl (C=O) groups is 1. The summed E-state index contributed by atoms with van der Waals surface area (Å²) in [4.78, 5) is 13.3. The summed E-state index contributed by atoms with van der Waals surface area (Å²) in [5.74, 6) is -0.0811. The van der Waals surface area contributed by atoms with Gasteiger partial charge in [-0.1, -0.05) is 31.2 Å². The summed E-state index contributed by atoms with van der Waals surface area (Å²) in [6, 6.07) is 11.7. The first-order valence-electron chi connectivity index (χ1n) is 6.72. The summed E-state index contributed by atoms with van der Waals surface area (Å²) in [7, 11) is 0. The molecule has 0 fully saturated rings. The summed E-state index contributed by atoms with van der Waals surface area (Å²) in [5, 5.41) is 3.04. The van der Waals surface area contributed by atoms with Gasteiger partial charge in [-0.3, -0.25) is 4.79 Å². The van der Waals surface area contributed by atoms with Gasteiger partial charge < -0.3 is 5.32 Å². The highest BCUT2D eigenvalue weighted by Crippen LogP contribution is 2.23. The largest absolute Gasteiger partial charge is 0.321 e. The van der Waals surface area contributed by atoms with Gasteiger partial charge in [-0.25, -0.2) is 0 Å². The highest BCUT2D eigenvalue weighted by Gasteiger charge is 2.12. The molecule has 0 radical (unpaired) electrons. The van der Waals surface area contributed by atoms with Gasteiger partial charge in [-0.2, -0.15) is 0 Å². The van der Waals surface area contributed by atoms with Crippen molar-refractivity contribution < 1.29 is 4.79 Å². The number of benzene rings is 2. The molecule has 1 N–H and O–H groups in total. The van der Waals surface area contributed by atoms with Crippen molar-refractivity contribution >= 4 is 24.2 Å². The van der Waals surface area contributed by atoms with Crippen molar-refractivity contribution in [3.63, 3.8) is 0 Å². The van der Waals surface area contributed by atoms with E-state index in [1.165, 1.54) is 0 Å². The third-order valence-electron chi connectivity index (χ3n) is 3.44. The smallest absolute Gasteiger partial charge is 0.255 e. The van der Waals surface area contributed by atoms with Crippen molar-refractivity contribution in [2.75, 3.05) is 5.32 Å². The summed E-state index contributed by atoms with van der Waals surface area (Å²) in [6.07, 6.45) is 0.892. The lowest BCUT2D eigenvalue weighted by Crippen LogP contribution is -2.15. The maximum atomic E-state index is 12.5. The van der Waals surface area contributed by atoms with E-state index in [1.54, 1.807) is 6.07 Å². The fraction of sp³-hybridized carbons (Fsp3) is 0.235. The molecular formula is C17H19NOS. The van der Waals surface area contributed by atoms with Crippen LogP contribution >= 0.6 is 12.6 Å². The Bertz CT molecular complexity index is 649. The van der Waals surface area contributed by atoms with Crippen molar-refractivity contribution in [3.8, 4) is 0 Å². The topological polar surface area (TPSA) is 29.1 Å². The van der Waals surface area contributed by atoms with E-state index < -0.39 is 0 Å². The Kier molecular flexibility index (Phi) is 4.50. The average molecular weight is 285 g/mol. The molecule has 0 saturated heterocycles. The minimum absolute atomic E-state index is 0.0811. The summed E-state index contributed by atoms with van der Waals surface area (Å²) in [5.41, 5.74) is 4.77. The molecular weight excluding hydrogens is 266 g/mol. The summed E-state index contributed by atoms with van der Waals surface area (Å²) < 4.78 is 0. The number of anilines is 1. The first-order chi connectivity index (χ1) is 9.52. The number of hydrogen-bond donors (Lipinski definition) is 2. The lowest BCUT2D eigenvalue weighted by molar-refractivity contribution is 0.102. The van der Waals surface area contributed by atoms with E-state index in [0.29, 0.717) is 5.56 Å². The summed E-state index contributed by atoms with van der Waals surface area (Å²) in [6.45, 7) is 6.03. The molecule has 0 unspecified atom stereocenters. The van der Waals surface area contributed by atoms with Crippen LogP contribution in [0.2, 0.25) is 0 Å². The number of amides is 1. The van der Waals surface area contributed by atoms with Crippen molar-refractivity contribution in [1.82, 2.24) is 0 Å². The van der Waals surface area contributed by atoms with Crippen LogP contribution in [0.4, 0.5) is 5.69 Å². The minimum Gasteiger partial charge on any atom is -0.321 e. The number of carbonyl (C=O) groups excluding carboxylic acids is 1. The van der Waals surface area contributed by atoms with Crippen LogP contribution in [0.1, 0.15) is 34.0 Å². The fourth-order valence-corrected chi connectivity index (χ4v) is 2.44. The lowest BCUT2D eigenvalue weighted by atomic mass is 10.0. The van der Waals surface area contributed by atoms with Crippen LogP contribution in [0, 0.1) is 13.8 Å². The van der Waals surface area contributed by atoms with E-state index in [9.17, 15) is 4.79 Å². The highest BCUT2D eigenvalue weighted by molar-refractivity contribution is 7.80. The minimum atomic E-state index is -0.0811. The second-order valence-electron chi connectivity index (χ2n) is 4.92. The monoisotopic (exact) mass is 285 g/mol. The SMILES string of the molecule is CCc1cccc(C)c1NC(=O)c1cc(S)ccc1C. The van der Waals surface area contributed by atoms with Crippen LogP contribution in [0.25, 0.3) is 0 Å². The van der Waals surface area contributed by atoms with Gasteiger partial charge in [0.1, 0.15) is 0 Å². The van der Waals surface area contributed by atoms with E-state index in [-0.39, 0.29) is 5.91 Å². The Balaban J connectivity index is 2.35. The second kappa shape index (κ2) is 6.14. The van der Waals surface area contributed by atoms with Crippen LogP contribution in [0.3, 0.4) is 0 Å². The zero-order valence-corrected chi connectivity index (χ0v) is 12.9. The van der Waals surface area contributed by atoms with Gasteiger partial charge in [0, 0.05) is 16.1 Å². The molecule has 2 aromatic carbocycles. The van der Waals surface area contributed by atoms with Gasteiger partial charge in [-0.05, 0) is 49.1 Å². The lowest BCUT2D eigenvalue weighted by Gasteiger charge is -2.14. The normalized spacial score (nSPS) is 10.4. The van der Waals surface area contributed by atoms with Crippen LogP contribution in [-0.2, 0) is 6.42 Å². The summed E-state index contributed by atoms with van der Waals surface area (Å²) >= 11 is 4.30. The van der Waals surface area contributed by atoms with Gasteiger partial charge in [0.05, 0.1) is 0 Å². The molecule has 104 valence electrons. The van der Waals surface area contributed by atoms with Crippen LogP contribution in [0.15, 0.2) is 41.3 Å². The molecule has 0 aliphatic heterocycles. The van der Waals surface area contributed by atoms with Crippen molar-refractivity contribution in [2.45, 2.75) is 32.1 Å². The molecule has 2 nitrogen and oxygen atoms in total. The third kappa shape index (κ3) is 3.05. The van der Waals surface area contributed by atoms with Gasteiger partial charge in [0.2, 0.25) is 0 Å². The molecule has 3 heteroatoms. The van der Waals surface area contributed by atoms with Crippen LogP contribution < -0.4 is 5.32 Å². The van der Waals surface area contributed by atoms with E-state index in [0.717, 1.165) is 33.7 Å². The first-order valence-corrected chi connectivity index (χ1v) is 7.17. The van der Waals surface area contributed by atoms with Crippen molar-refractivity contribution in [2.24, 2.45) is 0 Å². The predicted molar refractivity (Wildman–Crippen MR) is 86.9 cm³/mol. The molecule has 0 saturated carbocycles. The van der Waals surface area contributed by atoms with Crippen molar-refractivity contribution in [3.05, 3.63) is 58.7 Å². The molecule has 20 heavy (non-hydrogen) atoms. The van der Waals surface area contributed by atoms with Crippen LogP contribution in [0.5, 0.6) is 0 Å². The Morgan fingerprint density at radius 1 is 1.15 bits per heavy atom. The number of aryl methyl sites for hydroxylation is 3. The second-order valence-corrected chi connectivity index (χ2v) is 5.43. The fourth-order valence-electron chi connectivity index (χ4n) is 2.24. The molecule has 1 amide bonds. The van der Waals surface area contributed by atoms with Gasteiger partial charge in [0.25, 0.3) is 5.91 Å². The third-order valence-corrected chi connectivity index (χ3v) is 3.72. The van der Waals surface area contributed by atoms with Gasteiger partial charge in [-0.15, -0.1) is 12.6 Å². The standard InChI is InChI=1S/C17H19NOS/c1-4-13-7-5-6-12(3)16(13)18-17(19)15-10-14(20)9-8-11(15)2/h5-10,20H,4H2,1-3H3,(H,18,19). The van der Waals surface area contributed by atoms with E-state index in [1.807, 2.05) is 44.2 Å². The van der Waals surface area contributed by atoms with Gasteiger partial charge in [0.15, 0.2) is 0 Å². The van der Waals surface area contributed by atoms with E-state index >= 15 is 0 Å². The highest BCUT2D eigenvalue weighted by atomic mass is 32.1. The zero-order chi connectivity index (χ0) is 14.7. The maximum Gasteiger partial charge on any atom is 0.255 e. The first kappa shape index (κ1) is 14.7. The molecule has 0 heterocycles. The molecule has 0 bridgehead atoms. The Morgan fingerprint density at radius 3 is 2.60 bits per heavy atom. The Labute approximate surface area is 125 Å². The molecule has 0 atom stereocenters. The van der Waals surface area contributed by atoms with Crippen molar-refractivity contribution in [1.29, 1.82) is 0 Å². The zero-order valence-electron chi connectivity index (χ0n) is 12.0. The average Bonchev–Trinajstić information content (AvgIpc) is 2.43. The quantitative estimate of drug-likeness (QED) is 0.804. The number of nitrogens with one attached hydrogen (secondary N) is 1. The number of thiol groups is 1. The predicted octanol–water partition coefficient (Wildman–Crippen LogP) is 4.41. The molecule has 0 aliphatic rings. The molecule has 2 rings (SSSR count). The molecule has 0 aliphatic carbocycles. The van der Waals surface area contributed by atoms with Gasteiger partial charge >= 0.3 is 0 Å². The molecule has 0 aromatic heterocycles. The molecule has 0 spiro atoms. The number of para-hydroxylation sites is 1. The van der Waals surface area contributed by atoms with E-state index in [2.05, 4.69) is 24.9 Å². The van der Waals surface area contributed by atoms with E-state index in [4.69, 9.17) is 0 Å². The Morgan fingerprint density at radius 2 is 1.90 bits per heavy atom. The maximum absolute atomic E-state index is 12.5. The number of rotatable bonds is 3. The van der Waals surface area contributed by atoms with Crippen LogP contribution in [-0.4, -0.2) is 5.91 Å². The molecule has 2 aromatic rings.